The number of hydrogen-bond acceptors (Lipinski definition) is 8. The monoisotopic (exact) mass is 558 g/mol. The minimum absolute atomic E-state index is 0.0184. The van der Waals surface area contributed by atoms with Gasteiger partial charge in [0.1, 0.15) is 23.0 Å². The molecule has 0 spiro atoms. The molecule has 8 nitrogen and oxygen atoms in total. The topological polar surface area (TPSA) is 98.2 Å². The van der Waals surface area contributed by atoms with Crippen molar-refractivity contribution in [1.82, 2.24) is 4.98 Å². The maximum absolute atomic E-state index is 13.6. The molecule has 9 heteroatoms. The van der Waals surface area contributed by atoms with Crippen LogP contribution in [-0.2, 0) is 9.59 Å². The number of carbonyl (C=O) groups excluding carboxylic acids is 2. The number of ether oxygens (including phenoxy) is 3. The summed E-state index contributed by atoms with van der Waals surface area (Å²) in [5, 5.41) is 11.8. The Hall–Kier alpha value is -4.37. The lowest BCUT2D eigenvalue weighted by Crippen LogP contribution is -2.29. The average molecular weight is 559 g/mol. The van der Waals surface area contributed by atoms with Crippen molar-refractivity contribution in [2.75, 3.05) is 24.7 Å². The molecule has 2 heterocycles. The lowest BCUT2D eigenvalue weighted by Gasteiger charge is -2.23. The molecule has 206 valence electrons. The van der Waals surface area contributed by atoms with E-state index >= 15 is 0 Å². The highest BCUT2D eigenvalue weighted by atomic mass is 32.1. The number of Topliss-reactive ketones (excluding diaryl/α,β-unsaturated/α-hetero) is 1. The zero-order valence-electron chi connectivity index (χ0n) is 22.5. The van der Waals surface area contributed by atoms with Crippen LogP contribution in [0.2, 0.25) is 0 Å². The summed E-state index contributed by atoms with van der Waals surface area (Å²) in [6, 6.07) is 18.6. The van der Waals surface area contributed by atoms with Gasteiger partial charge in [0.25, 0.3) is 5.78 Å². The van der Waals surface area contributed by atoms with Crippen LogP contribution in [0, 0.1) is 0 Å². The number of aliphatic hydroxyl groups is 1. The number of anilines is 1. The normalized spacial score (nSPS) is 16.5. The minimum Gasteiger partial charge on any atom is -0.507 e. The fourth-order valence-corrected chi connectivity index (χ4v) is 5.64. The maximum Gasteiger partial charge on any atom is 0.301 e. The van der Waals surface area contributed by atoms with Gasteiger partial charge in [0.05, 0.1) is 41.7 Å². The molecule has 1 amide bonds. The van der Waals surface area contributed by atoms with Crippen LogP contribution in [0.4, 0.5) is 5.13 Å². The predicted octanol–water partition coefficient (Wildman–Crippen LogP) is 6.51. The van der Waals surface area contributed by atoms with Crippen LogP contribution in [0.15, 0.2) is 72.3 Å². The molecule has 5 rings (SSSR count). The van der Waals surface area contributed by atoms with Gasteiger partial charge in [0, 0.05) is 5.56 Å². The van der Waals surface area contributed by atoms with Crippen molar-refractivity contribution in [2.45, 2.75) is 33.2 Å². The van der Waals surface area contributed by atoms with E-state index in [1.807, 2.05) is 39.0 Å². The van der Waals surface area contributed by atoms with E-state index in [2.05, 4.69) is 4.98 Å². The lowest BCUT2D eigenvalue weighted by molar-refractivity contribution is -0.132. The first-order valence-electron chi connectivity index (χ1n) is 13.3. The molecular formula is C31H30N2O6S. The number of benzene rings is 3. The second kappa shape index (κ2) is 11.8. The molecule has 1 unspecified atom stereocenters. The summed E-state index contributed by atoms with van der Waals surface area (Å²) < 4.78 is 17.8. The number of aliphatic hydroxyl groups excluding tert-OH is 1. The molecule has 4 aromatic rings. The molecule has 0 aliphatic carbocycles. The first-order chi connectivity index (χ1) is 19.4. The van der Waals surface area contributed by atoms with Crippen molar-refractivity contribution in [3.63, 3.8) is 0 Å². The van der Waals surface area contributed by atoms with Gasteiger partial charge in [-0.05, 0) is 68.3 Å². The number of hydrogen-bond donors (Lipinski definition) is 1. The third-order valence-corrected chi connectivity index (χ3v) is 7.41. The van der Waals surface area contributed by atoms with Crippen LogP contribution in [0.3, 0.4) is 0 Å². The van der Waals surface area contributed by atoms with Crippen LogP contribution < -0.4 is 19.1 Å². The third-order valence-electron chi connectivity index (χ3n) is 6.40. The van der Waals surface area contributed by atoms with E-state index in [-0.39, 0.29) is 11.3 Å². The highest BCUT2D eigenvalue weighted by Crippen LogP contribution is 2.45. The van der Waals surface area contributed by atoms with Gasteiger partial charge in [-0.25, -0.2) is 4.98 Å². The Balaban J connectivity index is 1.65. The summed E-state index contributed by atoms with van der Waals surface area (Å²) in [7, 11) is 0. The van der Waals surface area contributed by atoms with Gasteiger partial charge in [-0.2, -0.15) is 0 Å². The molecule has 1 saturated heterocycles. The molecule has 1 atom stereocenters. The van der Waals surface area contributed by atoms with E-state index < -0.39 is 17.7 Å². The zero-order chi connectivity index (χ0) is 28.2. The average Bonchev–Trinajstić information content (AvgIpc) is 3.50. The summed E-state index contributed by atoms with van der Waals surface area (Å²) in [4.78, 5) is 33.2. The summed E-state index contributed by atoms with van der Waals surface area (Å²) in [5.41, 5.74) is 1.68. The van der Waals surface area contributed by atoms with Crippen LogP contribution in [0.5, 0.6) is 17.2 Å². The Morgan fingerprint density at radius 3 is 2.30 bits per heavy atom. The molecule has 0 bridgehead atoms. The van der Waals surface area contributed by atoms with E-state index in [0.717, 1.165) is 11.1 Å². The van der Waals surface area contributed by atoms with Crippen molar-refractivity contribution in [3.8, 4) is 17.2 Å². The molecule has 1 aliphatic heterocycles. The Morgan fingerprint density at radius 1 is 0.900 bits per heavy atom. The molecule has 1 aromatic heterocycles. The van der Waals surface area contributed by atoms with E-state index in [0.29, 0.717) is 58.8 Å². The van der Waals surface area contributed by atoms with Crippen molar-refractivity contribution in [1.29, 1.82) is 0 Å². The molecule has 0 radical (unpaired) electrons. The summed E-state index contributed by atoms with van der Waals surface area (Å²) >= 11 is 1.28. The van der Waals surface area contributed by atoms with Crippen LogP contribution >= 0.6 is 11.3 Å². The van der Waals surface area contributed by atoms with Crippen LogP contribution in [-0.4, -0.2) is 41.6 Å². The smallest absolute Gasteiger partial charge is 0.301 e. The van der Waals surface area contributed by atoms with Gasteiger partial charge in [0.15, 0.2) is 5.13 Å². The fourth-order valence-electron chi connectivity index (χ4n) is 4.62. The lowest BCUT2D eigenvalue weighted by atomic mass is 9.95. The van der Waals surface area contributed by atoms with E-state index in [4.69, 9.17) is 14.2 Å². The minimum atomic E-state index is -0.900. The third kappa shape index (κ3) is 5.24. The van der Waals surface area contributed by atoms with Crippen molar-refractivity contribution in [2.24, 2.45) is 0 Å². The van der Waals surface area contributed by atoms with E-state index in [1.165, 1.54) is 16.2 Å². The highest BCUT2D eigenvalue weighted by Gasteiger charge is 2.48. The number of thiazole rings is 1. The standard InChI is InChI=1S/C31H30N2O6S/c1-4-16-39-21-12-10-19(11-13-21)27-26(28(34)20-8-7-9-22(17-20)37-5-2)29(35)30(36)33(27)31-32-24-15-14-23(38-6-3)18-25(24)40-31/h7-15,17-18,27,34H,4-6,16H2,1-3H3. The maximum atomic E-state index is 13.6. The van der Waals surface area contributed by atoms with Gasteiger partial charge in [0.2, 0.25) is 0 Å². The van der Waals surface area contributed by atoms with Gasteiger partial charge in [-0.15, -0.1) is 0 Å². The van der Waals surface area contributed by atoms with Gasteiger partial charge < -0.3 is 19.3 Å². The number of rotatable bonds is 10. The molecule has 1 N–H and O–H groups in total. The Morgan fingerprint density at radius 2 is 1.60 bits per heavy atom. The van der Waals surface area contributed by atoms with E-state index in [9.17, 15) is 14.7 Å². The molecule has 1 fully saturated rings. The number of carbonyl (C=O) groups is 2. The zero-order valence-corrected chi connectivity index (χ0v) is 23.4. The number of amides is 1. The Labute approximate surface area is 236 Å². The molecule has 0 saturated carbocycles. The highest BCUT2D eigenvalue weighted by molar-refractivity contribution is 7.22. The first-order valence-corrected chi connectivity index (χ1v) is 14.1. The van der Waals surface area contributed by atoms with Crippen molar-refractivity contribution >= 4 is 44.1 Å². The molecule has 3 aromatic carbocycles. The SMILES string of the molecule is CCCOc1ccc(C2C(=C(O)c3cccc(OCC)c3)C(=O)C(=O)N2c2nc3ccc(OCC)cc3s2)cc1. The quantitative estimate of drug-likeness (QED) is 0.135. The second-order valence-electron chi connectivity index (χ2n) is 9.11. The number of aromatic nitrogens is 1. The molecular weight excluding hydrogens is 528 g/mol. The van der Waals surface area contributed by atoms with Gasteiger partial charge >= 0.3 is 5.91 Å². The largest absolute Gasteiger partial charge is 0.507 e. The van der Waals surface area contributed by atoms with E-state index in [1.54, 1.807) is 48.5 Å². The molecule has 40 heavy (non-hydrogen) atoms. The van der Waals surface area contributed by atoms with Crippen molar-refractivity contribution < 1.29 is 28.9 Å². The van der Waals surface area contributed by atoms with Gasteiger partial charge in [-0.3, -0.25) is 14.5 Å². The summed E-state index contributed by atoms with van der Waals surface area (Å²) in [6.45, 7) is 7.34. The molecule has 1 aliphatic rings. The van der Waals surface area contributed by atoms with Crippen molar-refractivity contribution in [3.05, 3.63) is 83.4 Å². The fraction of sp³-hybridized carbons (Fsp3) is 0.258. The summed E-state index contributed by atoms with van der Waals surface area (Å²) in [6.07, 6.45) is 0.866. The van der Waals surface area contributed by atoms with Crippen LogP contribution in [0.1, 0.15) is 44.4 Å². The second-order valence-corrected chi connectivity index (χ2v) is 10.1. The predicted molar refractivity (Wildman–Crippen MR) is 155 cm³/mol. The number of ketones is 1. The van der Waals surface area contributed by atoms with Gasteiger partial charge in [-0.1, -0.05) is 42.5 Å². The first kappa shape index (κ1) is 27.2. The Kier molecular flexibility index (Phi) is 8.02. The number of fused-ring (bicyclic) bond motifs is 1. The Bertz CT molecular complexity index is 1580. The summed E-state index contributed by atoms with van der Waals surface area (Å²) in [5.74, 6) is 0.0911. The number of nitrogens with zero attached hydrogens (tertiary/aromatic N) is 2. The van der Waals surface area contributed by atoms with Crippen LogP contribution in [0.25, 0.3) is 16.0 Å².